The van der Waals surface area contributed by atoms with Gasteiger partial charge in [-0.3, -0.25) is 19.0 Å². The Labute approximate surface area is 207 Å². The van der Waals surface area contributed by atoms with Crippen LogP contribution in [0.25, 0.3) is 16.7 Å². The van der Waals surface area contributed by atoms with Gasteiger partial charge >= 0.3 is 5.69 Å². The third-order valence-corrected chi connectivity index (χ3v) is 5.89. The summed E-state index contributed by atoms with van der Waals surface area (Å²) in [5.74, 6) is -0.626. The van der Waals surface area contributed by atoms with Gasteiger partial charge in [0.2, 0.25) is 11.7 Å². The molecule has 2 aromatic heterocycles. The van der Waals surface area contributed by atoms with Crippen LogP contribution in [0.5, 0.6) is 0 Å². The maximum Gasteiger partial charge on any atom is 0.352 e. The van der Waals surface area contributed by atoms with Gasteiger partial charge in [0.15, 0.2) is 0 Å². The summed E-state index contributed by atoms with van der Waals surface area (Å²) in [4.78, 5) is 52.2. The van der Waals surface area contributed by atoms with E-state index >= 15 is 0 Å². The highest BCUT2D eigenvalue weighted by Crippen LogP contribution is 2.18. The molecule has 2 N–H and O–H groups in total. The Kier molecular flexibility index (Phi) is 6.78. The second kappa shape index (κ2) is 9.80. The van der Waals surface area contributed by atoms with Crippen molar-refractivity contribution in [1.82, 2.24) is 24.1 Å². The molecule has 2 heterocycles. The molecule has 36 heavy (non-hydrogen) atoms. The minimum absolute atomic E-state index is 0.0796. The van der Waals surface area contributed by atoms with Crippen LogP contribution in [-0.2, 0) is 17.8 Å². The molecule has 0 fully saturated rings. The van der Waals surface area contributed by atoms with Crippen LogP contribution in [0.15, 0.2) is 52.1 Å². The van der Waals surface area contributed by atoms with Crippen molar-refractivity contribution in [2.45, 2.75) is 59.7 Å². The largest absolute Gasteiger partial charge is 0.352 e. The molecule has 0 aliphatic carbocycles. The van der Waals surface area contributed by atoms with E-state index < -0.39 is 11.6 Å². The first-order chi connectivity index (χ1) is 17.1. The van der Waals surface area contributed by atoms with Gasteiger partial charge in [0.05, 0.1) is 10.9 Å². The molecule has 0 aliphatic rings. The summed E-state index contributed by atoms with van der Waals surface area (Å²) in [6.45, 7) is 8.97. The number of anilines is 1. The number of rotatable bonds is 7. The van der Waals surface area contributed by atoms with E-state index in [0.29, 0.717) is 11.3 Å². The third-order valence-electron chi connectivity index (χ3n) is 5.89. The number of hydrogen-bond donors (Lipinski definition) is 2. The van der Waals surface area contributed by atoms with Crippen molar-refractivity contribution in [2.24, 2.45) is 0 Å². The molecule has 0 radical (unpaired) electrons. The fraction of sp³-hybridized carbons (Fsp3) is 0.346. The quantitative estimate of drug-likeness (QED) is 0.413. The summed E-state index contributed by atoms with van der Waals surface area (Å²) in [5.41, 5.74) is 1.31. The van der Waals surface area contributed by atoms with Gasteiger partial charge in [-0.25, -0.2) is 13.9 Å². The monoisotopic (exact) mass is 490 g/mol. The molecule has 2 amide bonds. The molecule has 4 rings (SSSR count). The Balaban J connectivity index is 1.85. The zero-order valence-corrected chi connectivity index (χ0v) is 21.0. The molecule has 188 valence electrons. The fourth-order valence-electron chi connectivity index (χ4n) is 4.21. The number of amides is 2. The van der Waals surface area contributed by atoms with Crippen LogP contribution in [0.1, 0.15) is 56.6 Å². The maximum absolute atomic E-state index is 13.5. The summed E-state index contributed by atoms with van der Waals surface area (Å²) in [7, 11) is 0. The van der Waals surface area contributed by atoms with E-state index in [9.17, 15) is 19.2 Å². The molecule has 2 aromatic carbocycles. The van der Waals surface area contributed by atoms with Crippen LogP contribution >= 0.6 is 0 Å². The van der Waals surface area contributed by atoms with Crippen molar-refractivity contribution >= 4 is 34.2 Å². The molecule has 10 heteroatoms. The van der Waals surface area contributed by atoms with Crippen molar-refractivity contribution in [3.63, 3.8) is 0 Å². The van der Waals surface area contributed by atoms with Crippen molar-refractivity contribution < 1.29 is 9.59 Å². The Bertz CT molecular complexity index is 1590. The second-order valence-corrected chi connectivity index (χ2v) is 9.26. The Morgan fingerprint density at radius 3 is 2.42 bits per heavy atom. The van der Waals surface area contributed by atoms with Gasteiger partial charge in [-0.2, -0.15) is 0 Å². The minimum atomic E-state index is -0.579. The predicted octanol–water partition coefficient (Wildman–Crippen LogP) is 2.73. The molecule has 0 atom stereocenters. The highest BCUT2D eigenvalue weighted by atomic mass is 16.2. The molecular weight excluding hydrogens is 460 g/mol. The highest BCUT2D eigenvalue weighted by molar-refractivity contribution is 5.98. The lowest BCUT2D eigenvalue weighted by molar-refractivity contribution is -0.117. The van der Waals surface area contributed by atoms with Crippen LogP contribution in [0, 0.1) is 0 Å². The van der Waals surface area contributed by atoms with Gasteiger partial charge in [-0.05, 0) is 63.9 Å². The van der Waals surface area contributed by atoms with Crippen LogP contribution in [0.3, 0.4) is 0 Å². The van der Waals surface area contributed by atoms with E-state index in [1.807, 2.05) is 52.8 Å². The Morgan fingerprint density at radius 1 is 1.03 bits per heavy atom. The molecule has 0 unspecified atom stereocenters. The van der Waals surface area contributed by atoms with Gasteiger partial charge in [0, 0.05) is 23.3 Å². The van der Waals surface area contributed by atoms with Gasteiger partial charge in [-0.15, -0.1) is 5.10 Å². The molecule has 4 aromatic rings. The summed E-state index contributed by atoms with van der Waals surface area (Å²) in [6, 6.07) is 11.7. The highest BCUT2D eigenvalue weighted by Gasteiger charge is 2.21. The lowest BCUT2D eigenvalue weighted by Crippen LogP contribution is -2.31. The molecule has 0 saturated carbocycles. The number of hydrogen-bond acceptors (Lipinski definition) is 5. The lowest BCUT2D eigenvalue weighted by atomic mass is 10.1. The first-order valence-corrected chi connectivity index (χ1v) is 12.0. The van der Waals surface area contributed by atoms with E-state index in [1.165, 1.54) is 15.0 Å². The molecule has 0 spiro atoms. The van der Waals surface area contributed by atoms with Gasteiger partial charge in [0.25, 0.3) is 11.5 Å². The smallest absolute Gasteiger partial charge is 0.350 e. The summed E-state index contributed by atoms with van der Waals surface area (Å²) >= 11 is 0. The van der Waals surface area contributed by atoms with Crippen molar-refractivity contribution in [2.75, 3.05) is 5.32 Å². The first-order valence-electron chi connectivity index (χ1n) is 12.0. The Hall–Kier alpha value is -4.21. The zero-order chi connectivity index (χ0) is 26.1. The molecular formula is C26H30N6O4. The summed E-state index contributed by atoms with van der Waals surface area (Å²) in [6.07, 6.45) is 0.740. The maximum atomic E-state index is 13.5. The normalized spacial score (nSPS) is 11.5. The molecule has 10 nitrogen and oxygen atoms in total. The minimum Gasteiger partial charge on any atom is -0.350 e. The van der Waals surface area contributed by atoms with E-state index in [2.05, 4.69) is 15.7 Å². The van der Waals surface area contributed by atoms with Crippen LogP contribution in [0.2, 0.25) is 0 Å². The molecule has 0 saturated heterocycles. The van der Waals surface area contributed by atoms with Gasteiger partial charge in [0.1, 0.15) is 6.54 Å². The van der Waals surface area contributed by atoms with E-state index in [0.717, 1.165) is 16.7 Å². The number of nitrogens with one attached hydrogen (secondary N) is 2. The van der Waals surface area contributed by atoms with Crippen molar-refractivity contribution in [3.8, 4) is 0 Å². The topological polar surface area (TPSA) is 120 Å². The first kappa shape index (κ1) is 24.9. The van der Waals surface area contributed by atoms with Gasteiger partial charge in [-0.1, -0.05) is 25.1 Å². The van der Waals surface area contributed by atoms with Crippen LogP contribution < -0.4 is 21.9 Å². The van der Waals surface area contributed by atoms with E-state index in [4.69, 9.17) is 0 Å². The zero-order valence-electron chi connectivity index (χ0n) is 21.0. The number of nitrogens with zero attached hydrogens (tertiary/aromatic N) is 4. The molecule has 0 aliphatic heterocycles. The average Bonchev–Trinajstić information content (AvgIpc) is 3.13. The number of aryl methyl sites for hydroxylation is 1. The second-order valence-electron chi connectivity index (χ2n) is 9.26. The number of fused-ring (bicyclic) bond motifs is 3. The summed E-state index contributed by atoms with van der Waals surface area (Å²) in [5, 5.41) is 10.3. The predicted molar refractivity (Wildman–Crippen MR) is 139 cm³/mol. The number of benzene rings is 2. The SMILES string of the molecule is CCc1ccccc1NC(=O)Cn1nc2n(C(C)C)c(=O)c3ccc(C(=O)NC(C)C)cc3n2c1=O. The van der Waals surface area contributed by atoms with Crippen molar-refractivity contribution in [3.05, 3.63) is 74.4 Å². The number of aromatic nitrogens is 4. The number of carbonyl (C=O) groups excluding carboxylic acids is 2. The standard InChI is InChI=1S/C26H30N6O4/c1-6-17-9-7-8-10-20(17)28-22(33)14-30-26(36)32-21-13-18(23(34)27-15(2)3)11-12-19(21)24(35)31(16(4)5)25(32)29-30/h7-13,15-16H,6,14H2,1-5H3,(H,27,34)(H,28,33). The van der Waals surface area contributed by atoms with Crippen LogP contribution in [0.4, 0.5) is 5.69 Å². The summed E-state index contributed by atoms with van der Waals surface area (Å²) < 4.78 is 3.74. The van der Waals surface area contributed by atoms with Gasteiger partial charge < -0.3 is 10.6 Å². The average molecular weight is 491 g/mol. The lowest BCUT2D eigenvalue weighted by Gasteiger charge is -2.13. The van der Waals surface area contributed by atoms with E-state index in [-0.39, 0.29) is 46.8 Å². The third kappa shape index (κ3) is 4.53. The fourth-order valence-corrected chi connectivity index (χ4v) is 4.21. The number of carbonyl (C=O) groups is 2. The van der Waals surface area contributed by atoms with Crippen LogP contribution in [-0.4, -0.2) is 36.6 Å². The molecule has 0 bridgehead atoms. The number of para-hydroxylation sites is 1. The van der Waals surface area contributed by atoms with Crippen molar-refractivity contribution in [1.29, 1.82) is 0 Å². The Morgan fingerprint density at radius 2 is 1.75 bits per heavy atom. The van der Waals surface area contributed by atoms with E-state index in [1.54, 1.807) is 18.2 Å².